The molecule has 0 saturated carbocycles. The highest BCUT2D eigenvalue weighted by molar-refractivity contribution is 5.92. The molecule has 1 aromatic heterocycles. The summed E-state index contributed by atoms with van der Waals surface area (Å²) in [6.45, 7) is 5.48. The number of aryl methyl sites for hydroxylation is 1. The zero-order chi connectivity index (χ0) is 22.6. The molecule has 7 heteroatoms. The number of aromatic carboxylic acids is 1. The van der Waals surface area contributed by atoms with Crippen molar-refractivity contribution in [1.82, 2.24) is 9.97 Å². The largest absolute Gasteiger partial charge is 0.478 e. The summed E-state index contributed by atoms with van der Waals surface area (Å²) in [5, 5.41) is 9.25. The van der Waals surface area contributed by atoms with E-state index in [0.29, 0.717) is 47.2 Å². The zero-order valence-corrected chi connectivity index (χ0v) is 17.8. The lowest BCUT2D eigenvalue weighted by molar-refractivity contribution is -0.154. The molecule has 0 saturated heterocycles. The molecule has 0 amide bonds. The molecule has 0 unspecified atom stereocenters. The van der Waals surface area contributed by atoms with Crippen molar-refractivity contribution < 1.29 is 23.8 Å². The molecule has 3 rings (SSSR count). The van der Waals surface area contributed by atoms with E-state index in [9.17, 15) is 19.1 Å². The number of aromatic nitrogens is 2. The highest BCUT2D eigenvalue weighted by Crippen LogP contribution is 2.26. The predicted octanol–water partition coefficient (Wildman–Crippen LogP) is 5.19. The summed E-state index contributed by atoms with van der Waals surface area (Å²) in [6, 6.07) is 10.7. The Morgan fingerprint density at radius 2 is 1.81 bits per heavy atom. The number of carbonyl (C=O) groups excluding carboxylic acids is 1. The van der Waals surface area contributed by atoms with Gasteiger partial charge in [-0.1, -0.05) is 12.1 Å². The second kappa shape index (κ2) is 9.20. The van der Waals surface area contributed by atoms with Crippen molar-refractivity contribution >= 4 is 23.0 Å². The van der Waals surface area contributed by atoms with E-state index in [0.717, 1.165) is 0 Å². The smallest absolute Gasteiger partial charge is 0.335 e. The maximum Gasteiger partial charge on any atom is 0.335 e. The number of nitrogens with zero attached hydrogens (tertiary/aromatic N) is 2. The van der Waals surface area contributed by atoms with Gasteiger partial charge in [-0.15, -0.1) is 0 Å². The van der Waals surface area contributed by atoms with E-state index in [-0.39, 0.29) is 23.8 Å². The maximum absolute atomic E-state index is 13.8. The van der Waals surface area contributed by atoms with Crippen LogP contribution in [0.4, 0.5) is 4.39 Å². The molecule has 0 aliphatic carbocycles. The Morgan fingerprint density at radius 1 is 1.03 bits per heavy atom. The molecule has 2 aromatic carbocycles. The third kappa shape index (κ3) is 6.07. The van der Waals surface area contributed by atoms with Crippen LogP contribution in [0.1, 0.15) is 56.1 Å². The van der Waals surface area contributed by atoms with Gasteiger partial charge in [0.15, 0.2) is 0 Å². The number of ether oxygens (including phenoxy) is 1. The van der Waals surface area contributed by atoms with Crippen molar-refractivity contribution in [1.29, 1.82) is 0 Å². The topological polar surface area (TPSA) is 89.4 Å². The van der Waals surface area contributed by atoms with Gasteiger partial charge in [0.1, 0.15) is 11.4 Å². The van der Waals surface area contributed by atoms with Crippen molar-refractivity contribution in [3.8, 4) is 11.3 Å². The number of benzene rings is 2. The summed E-state index contributed by atoms with van der Waals surface area (Å²) in [5.41, 5.74) is 2.36. The van der Waals surface area contributed by atoms with E-state index < -0.39 is 11.6 Å². The fraction of sp³-hybridized carbons (Fsp3) is 0.333. The molecule has 0 atom stereocenters. The average Bonchev–Trinajstić information content (AvgIpc) is 2.68. The number of carbonyl (C=O) groups is 2. The van der Waals surface area contributed by atoms with Gasteiger partial charge >= 0.3 is 11.9 Å². The van der Waals surface area contributed by atoms with Crippen LogP contribution < -0.4 is 0 Å². The van der Waals surface area contributed by atoms with Crippen molar-refractivity contribution in [3.05, 3.63) is 59.5 Å². The van der Waals surface area contributed by atoms with Crippen molar-refractivity contribution in [2.75, 3.05) is 0 Å². The molecule has 6 nitrogen and oxygen atoms in total. The quantitative estimate of drug-likeness (QED) is 0.415. The van der Waals surface area contributed by atoms with Gasteiger partial charge in [-0.3, -0.25) is 4.79 Å². The molecule has 0 fully saturated rings. The number of halogens is 1. The van der Waals surface area contributed by atoms with Crippen LogP contribution in [0.5, 0.6) is 0 Å². The van der Waals surface area contributed by atoms with Gasteiger partial charge in [0.25, 0.3) is 0 Å². The molecular formula is C24H25FN2O4. The second-order valence-electron chi connectivity index (χ2n) is 8.33. The molecule has 3 aromatic rings. The molecule has 162 valence electrons. The molecular weight excluding hydrogens is 399 g/mol. The average molecular weight is 424 g/mol. The van der Waals surface area contributed by atoms with Crippen LogP contribution in [0.2, 0.25) is 0 Å². The van der Waals surface area contributed by atoms with E-state index >= 15 is 0 Å². The van der Waals surface area contributed by atoms with E-state index in [1.54, 1.807) is 18.2 Å². The Bertz CT molecular complexity index is 1120. The van der Waals surface area contributed by atoms with Gasteiger partial charge in [0.05, 0.1) is 28.0 Å². The monoisotopic (exact) mass is 424 g/mol. The van der Waals surface area contributed by atoms with Crippen LogP contribution >= 0.6 is 0 Å². The van der Waals surface area contributed by atoms with Crippen LogP contribution in [0.25, 0.3) is 22.3 Å². The summed E-state index contributed by atoms with van der Waals surface area (Å²) < 4.78 is 19.1. The summed E-state index contributed by atoms with van der Waals surface area (Å²) in [7, 11) is 0. The van der Waals surface area contributed by atoms with Crippen LogP contribution in [-0.4, -0.2) is 32.6 Å². The minimum absolute atomic E-state index is 0.121. The highest BCUT2D eigenvalue weighted by Gasteiger charge is 2.17. The lowest BCUT2D eigenvalue weighted by Crippen LogP contribution is -2.23. The third-order valence-electron chi connectivity index (χ3n) is 4.55. The van der Waals surface area contributed by atoms with Gasteiger partial charge in [-0.05, 0) is 70.4 Å². The fourth-order valence-corrected chi connectivity index (χ4v) is 3.22. The minimum atomic E-state index is -1.04. The summed E-state index contributed by atoms with van der Waals surface area (Å²) in [5.74, 6) is -1.68. The van der Waals surface area contributed by atoms with E-state index in [2.05, 4.69) is 9.97 Å². The molecule has 0 aliphatic rings. The van der Waals surface area contributed by atoms with Gasteiger partial charge in [-0.25, -0.2) is 19.2 Å². The number of unbranched alkanes of at least 4 members (excludes halogenated alkanes) is 1. The Kier molecular flexibility index (Phi) is 6.63. The summed E-state index contributed by atoms with van der Waals surface area (Å²) in [6.07, 6.45) is 2.05. The Hall–Kier alpha value is -3.35. The highest BCUT2D eigenvalue weighted by atomic mass is 19.1. The van der Waals surface area contributed by atoms with Crippen LogP contribution in [-0.2, 0) is 16.0 Å². The Balaban J connectivity index is 1.86. The maximum atomic E-state index is 13.8. The standard InChI is InChI=1S/C24H25FN2O4/c1-24(2,3)31-21(28)10-5-4-9-19-22(15-7-6-8-17(25)13-15)27-18-12-11-16(23(29)30)14-20(18)26-19/h6-8,11-14H,4-5,9-10H2,1-3H3,(H,29,30). The summed E-state index contributed by atoms with van der Waals surface area (Å²) >= 11 is 0. The van der Waals surface area contributed by atoms with Gasteiger partial charge < -0.3 is 9.84 Å². The first-order chi connectivity index (χ1) is 14.6. The van der Waals surface area contributed by atoms with E-state index in [4.69, 9.17) is 4.74 Å². The number of hydrogen-bond donors (Lipinski definition) is 1. The Morgan fingerprint density at radius 3 is 2.48 bits per heavy atom. The first-order valence-electron chi connectivity index (χ1n) is 10.1. The van der Waals surface area contributed by atoms with Crippen LogP contribution in [0.15, 0.2) is 42.5 Å². The molecule has 0 bridgehead atoms. The lowest BCUT2D eigenvalue weighted by Gasteiger charge is -2.19. The van der Waals surface area contributed by atoms with Crippen molar-refractivity contribution in [3.63, 3.8) is 0 Å². The second-order valence-corrected chi connectivity index (χ2v) is 8.33. The van der Waals surface area contributed by atoms with Gasteiger partial charge in [0.2, 0.25) is 0 Å². The predicted molar refractivity (Wildman–Crippen MR) is 115 cm³/mol. The van der Waals surface area contributed by atoms with Gasteiger partial charge in [0, 0.05) is 12.0 Å². The Labute approximate surface area is 180 Å². The first-order valence-corrected chi connectivity index (χ1v) is 10.1. The van der Waals surface area contributed by atoms with Crippen LogP contribution in [0, 0.1) is 5.82 Å². The van der Waals surface area contributed by atoms with Crippen molar-refractivity contribution in [2.45, 2.75) is 52.1 Å². The van der Waals surface area contributed by atoms with Crippen molar-refractivity contribution in [2.24, 2.45) is 0 Å². The fourth-order valence-electron chi connectivity index (χ4n) is 3.22. The molecule has 0 aliphatic heterocycles. The third-order valence-corrected chi connectivity index (χ3v) is 4.55. The normalized spacial score (nSPS) is 11.5. The van der Waals surface area contributed by atoms with E-state index in [1.165, 1.54) is 24.3 Å². The lowest BCUT2D eigenvalue weighted by atomic mass is 10.0. The number of carboxylic acids is 1. The molecule has 1 N–H and O–H groups in total. The number of rotatable bonds is 7. The molecule has 0 radical (unpaired) electrons. The molecule has 0 spiro atoms. The number of esters is 1. The molecule has 31 heavy (non-hydrogen) atoms. The zero-order valence-electron chi connectivity index (χ0n) is 17.8. The number of hydrogen-bond acceptors (Lipinski definition) is 5. The first kappa shape index (κ1) is 22.3. The minimum Gasteiger partial charge on any atom is -0.478 e. The van der Waals surface area contributed by atoms with Crippen LogP contribution in [0.3, 0.4) is 0 Å². The number of fused-ring (bicyclic) bond motifs is 1. The number of carboxylic acid groups (broad SMARTS) is 1. The SMILES string of the molecule is CC(C)(C)OC(=O)CCCCc1nc2cc(C(=O)O)ccc2nc1-c1cccc(F)c1. The molecule has 1 heterocycles. The summed E-state index contributed by atoms with van der Waals surface area (Å²) in [4.78, 5) is 32.5. The van der Waals surface area contributed by atoms with Gasteiger partial charge in [-0.2, -0.15) is 0 Å². The van der Waals surface area contributed by atoms with E-state index in [1.807, 2.05) is 20.8 Å².